The predicted molar refractivity (Wildman–Crippen MR) is 95.4 cm³/mol. The summed E-state index contributed by atoms with van der Waals surface area (Å²) >= 11 is 0. The Morgan fingerprint density at radius 1 is 1.21 bits per heavy atom. The molecule has 4 rings (SSSR count). The summed E-state index contributed by atoms with van der Waals surface area (Å²) in [6.07, 6.45) is 5.45. The number of aryl methyl sites for hydroxylation is 1. The van der Waals surface area contributed by atoms with Gasteiger partial charge in [0.15, 0.2) is 0 Å². The highest BCUT2D eigenvalue weighted by atomic mass is 16.6. The van der Waals surface area contributed by atoms with Gasteiger partial charge in [0.05, 0.1) is 11.0 Å². The minimum absolute atomic E-state index is 0.0968. The van der Waals surface area contributed by atoms with Crippen molar-refractivity contribution in [1.82, 2.24) is 0 Å². The molecule has 3 unspecified atom stereocenters. The van der Waals surface area contributed by atoms with Crippen molar-refractivity contribution in [3.8, 4) is 0 Å². The molecule has 1 aliphatic carbocycles. The maximum Gasteiger partial charge on any atom is 0.292 e. The van der Waals surface area contributed by atoms with E-state index >= 15 is 0 Å². The summed E-state index contributed by atoms with van der Waals surface area (Å²) < 4.78 is 0. The second kappa shape index (κ2) is 5.48. The van der Waals surface area contributed by atoms with Gasteiger partial charge in [0.1, 0.15) is 5.69 Å². The third kappa shape index (κ3) is 2.13. The van der Waals surface area contributed by atoms with Gasteiger partial charge in [0.2, 0.25) is 0 Å². The molecule has 0 saturated heterocycles. The normalized spacial score (nSPS) is 24.2. The summed E-state index contributed by atoms with van der Waals surface area (Å²) in [5, 5.41) is 15.1. The van der Waals surface area contributed by atoms with E-state index in [0.717, 1.165) is 23.1 Å². The lowest BCUT2D eigenvalue weighted by atomic mass is 9.74. The van der Waals surface area contributed by atoms with Crippen LogP contribution in [-0.2, 0) is 0 Å². The van der Waals surface area contributed by atoms with Gasteiger partial charge in [0, 0.05) is 12.0 Å². The van der Waals surface area contributed by atoms with Gasteiger partial charge in [-0.25, -0.2) is 0 Å². The molecule has 0 saturated carbocycles. The van der Waals surface area contributed by atoms with Crippen molar-refractivity contribution < 1.29 is 4.92 Å². The van der Waals surface area contributed by atoms with E-state index in [4.69, 9.17) is 0 Å². The van der Waals surface area contributed by atoms with Crippen LogP contribution in [0, 0.1) is 29.9 Å². The van der Waals surface area contributed by atoms with Crippen LogP contribution in [0.3, 0.4) is 0 Å². The van der Waals surface area contributed by atoms with Crippen molar-refractivity contribution in [2.24, 2.45) is 5.92 Å². The monoisotopic (exact) mass is 320 g/mol. The fraction of sp³-hybridized carbons (Fsp3) is 0.300. The van der Waals surface area contributed by atoms with Crippen molar-refractivity contribution in [3.05, 3.63) is 80.9 Å². The Morgan fingerprint density at radius 3 is 2.67 bits per heavy atom. The molecule has 2 aromatic rings. The zero-order valence-corrected chi connectivity index (χ0v) is 13.8. The summed E-state index contributed by atoms with van der Waals surface area (Å²) in [6.45, 7) is 4.03. The van der Waals surface area contributed by atoms with Gasteiger partial charge in [0.25, 0.3) is 5.69 Å². The minimum atomic E-state index is -0.265. The number of hydrogen-bond acceptors (Lipinski definition) is 3. The average Bonchev–Trinajstić information content (AvgIpc) is 3.07. The van der Waals surface area contributed by atoms with Crippen LogP contribution in [0.1, 0.15) is 40.6 Å². The number of hydrogen-bond donors (Lipinski definition) is 1. The molecular weight excluding hydrogens is 300 g/mol. The molecule has 0 radical (unpaired) electrons. The zero-order valence-electron chi connectivity index (χ0n) is 13.8. The highest BCUT2D eigenvalue weighted by Crippen LogP contribution is 2.53. The van der Waals surface area contributed by atoms with Crippen LogP contribution in [0.25, 0.3) is 0 Å². The second-order valence-corrected chi connectivity index (χ2v) is 6.77. The van der Waals surface area contributed by atoms with Crippen molar-refractivity contribution in [1.29, 1.82) is 0 Å². The van der Waals surface area contributed by atoms with Crippen molar-refractivity contribution in [2.45, 2.75) is 32.2 Å². The number of nitrogens with one attached hydrogen (secondary N) is 1. The van der Waals surface area contributed by atoms with Crippen LogP contribution < -0.4 is 5.32 Å². The van der Waals surface area contributed by atoms with Crippen LogP contribution in [0.4, 0.5) is 11.4 Å². The highest BCUT2D eigenvalue weighted by Gasteiger charge is 2.41. The van der Waals surface area contributed by atoms with Gasteiger partial charge >= 0.3 is 0 Å². The standard InChI is InChI=1S/C20H20N2O2/c1-12-11-17(22(23)24)20-18(13(12)2)15-9-6-10-16(15)19(21-20)14-7-4-3-5-8-14/h3-9,11,15-16,19,21H,10H2,1-2H3. The van der Waals surface area contributed by atoms with E-state index in [-0.39, 0.29) is 22.6 Å². The highest BCUT2D eigenvalue weighted by molar-refractivity contribution is 5.74. The number of nitrogens with zero attached hydrogens (tertiary/aromatic N) is 1. The number of nitro groups is 1. The van der Waals surface area contributed by atoms with E-state index in [1.165, 1.54) is 5.56 Å². The fourth-order valence-corrected chi connectivity index (χ4v) is 4.21. The first-order valence-corrected chi connectivity index (χ1v) is 8.34. The molecule has 24 heavy (non-hydrogen) atoms. The van der Waals surface area contributed by atoms with Gasteiger partial charge in [-0.15, -0.1) is 0 Å². The molecule has 0 aromatic heterocycles. The van der Waals surface area contributed by atoms with E-state index in [2.05, 4.69) is 36.5 Å². The molecule has 122 valence electrons. The van der Waals surface area contributed by atoms with Crippen molar-refractivity contribution in [2.75, 3.05) is 5.32 Å². The molecule has 1 aliphatic heterocycles. The topological polar surface area (TPSA) is 55.2 Å². The quantitative estimate of drug-likeness (QED) is 0.479. The Kier molecular flexibility index (Phi) is 3.41. The van der Waals surface area contributed by atoms with E-state index in [1.807, 2.05) is 25.1 Å². The number of rotatable bonds is 2. The lowest BCUT2D eigenvalue weighted by Gasteiger charge is -2.38. The molecule has 3 atom stereocenters. The maximum atomic E-state index is 11.6. The van der Waals surface area contributed by atoms with Crippen LogP contribution in [0.15, 0.2) is 48.6 Å². The summed E-state index contributed by atoms with van der Waals surface area (Å²) in [4.78, 5) is 11.4. The Bertz CT molecular complexity index is 842. The number of fused-ring (bicyclic) bond motifs is 3. The Balaban J connectivity index is 1.92. The van der Waals surface area contributed by atoms with E-state index in [9.17, 15) is 10.1 Å². The summed E-state index contributed by atoms with van der Waals surface area (Å²) in [7, 11) is 0. The first-order chi connectivity index (χ1) is 11.6. The van der Waals surface area contributed by atoms with Gasteiger partial charge in [-0.05, 0) is 48.4 Å². The van der Waals surface area contributed by atoms with Gasteiger partial charge in [-0.1, -0.05) is 42.5 Å². The number of nitro benzene ring substituents is 1. The molecule has 1 heterocycles. The summed E-state index contributed by atoms with van der Waals surface area (Å²) in [6, 6.07) is 12.1. The molecule has 4 heteroatoms. The molecule has 2 aromatic carbocycles. The first-order valence-electron chi connectivity index (χ1n) is 8.34. The summed E-state index contributed by atoms with van der Waals surface area (Å²) in [5.74, 6) is 0.644. The average molecular weight is 320 g/mol. The minimum Gasteiger partial charge on any atom is -0.372 e. The largest absolute Gasteiger partial charge is 0.372 e. The fourth-order valence-electron chi connectivity index (χ4n) is 4.21. The smallest absolute Gasteiger partial charge is 0.292 e. The maximum absolute atomic E-state index is 11.6. The lowest BCUT2D eigenvalue weighted by Crippen LogP contribution is -2.30. The molecule has 1 N–H and O–H groups in total. The van der Waals surface area contributed by atoms with Gasteiger partial charge in [-0.3, -0.25) is 10.1 Å². The molecule has 0 spiro atoms. The number of allylic oxidation sites excluding steroid dienone is 2. The van der Waals surface area contributed by atoms with Crippen molar-refractivity contribution >= 4 is 11.4 Å². The van der Waals surface area contributed by atoms with Crippen molar-refractivity contribution in [3.63, 3.8) is 0 Å². The lowest BCUT2D eigenvalue weighted by molar-refractivity contribution is -0.384. The Hall–Kier alpha value is -2.62. The molecule has 4 nitrogen and oxygen atoms in total. The van der Waals surface area contributed by atoms with E-state index in [0.29, 0.717) is 11.6 Å². The molecular formula is C20H20N2O2. The Labute approximate surface area is 141 Å². The van der Waals surface area contributed by atoms with Crippen LogP contribution in [-0.4, -0.2) is 4.92 Å². The second-order valence-electron chi connectivity index (χ2n) is 6.77. The van der Waals surface area contributed by atoms with Crippen LogP contribution in [0.2, 0.25) is 0 Å². The van der Waals surface area contributed by atoms with Gasteiger partial charge < -0.3 is 5.32 Å². The zero-order chi connectivity index (χ0) is 16.8. The van der Waals surface area contributed by atoms with Crippen LogP contribution in [0.5, 0.6) is 0 Å². The molecule has 0 fully saturated rings. The summed E-state index contributed by atoms with van der Waals surface area (Å²) in [5.41, 5.74) is 5.33. The third-order valence-electron chi connectivity index (χ3n) is 5.50. The van der Waals surface area contributed by atoms with E-state index in [1.54, 1.807) is 6.07 Å². The van der Waals surface area contributed by atoms with Gasteiger partial charge in [-0.2, -0.15) is 0 Å². The van der Waals surface area contributed by atoms with E-state index < -0.39 is 0 Å². The SMILES string of the molecule is Cc1cc([N+](=O)[O-])c2c(c1C)C1C=CCC1C(c1ccccc1)N2. The first kappa shape index (κ1) is 14.9. The Morgan fingerprint density at radius 2 is 1.96 bits per heavy atom. The van der Waals surface area contributed by atoms with Crippen LogP contribution >= 0.6 is 0 Å². The predicted octanol–water partition coefficient (Wildman–Crippen LogP) is 5.04. The molecule has 0 amide bonds. The molecule has 2 aliphatic rings. The number of benzene rings is 2. The third-order valence-corrected chi connectivity index (χ3v) is 5.50. The number of anilines is 1. The molecule has 0 bridgehead atoms.